The van der Waals surface area contributed by atoms with E-state index in [-0.39, 0.29) is 6.42 Å². The normalized spacial score (nSPS) is 19.7. The Hall–Kier alpha value is -1.06. The molecule has 2 nitrogen and oxygen atoms in total. The molecule has 0 bridgehead atoms. The Morgan fingerprint density at radius 3 is 2.88 bits per heavy atom. The standard InChI is InChI=1S/C12H8Cl2FNO/c13-6-2-4-8-9(10(6)14)5-1-3-7(15)12(17)11(5)16-8/h2,4,7,16H,1,3H2. The van der Waals surface area contributed by atoms with E-state index in [9.17, 15) is 9.18 Å². The van der Waals surface area contributed by atoms with Crippen LogP contribution in [0.3, 0.4) is 0 Å². The number of H-pyrrole nitrogens is 1. The van der Waals surface area contributed by atoms with E-state index in [1.54, 1.807) is 12.1 Å². The molecule has 1 heterocycles. The maximum Gasteiger partial charge on any atom is 0.213 e. The van der Waals surface area contributed by atoms with Crippen molar-refractivity contribution < 1.29 is 9.18 Å². The number of benzene rings is 1. The number of carbonyl (C=O) groups is 1. The zero-order valence-corrected chi connectivity index (χ0v) is 10.2. The first-order chi connectivity index (χ1) is 8.09. The van der Waals surface area contributed by atoms with Crippen LogP contribution in [0.25, 0.3) is 10.9 Å². The van der Waals surface area contributed by atoms with Gasteiger partial charge in [0, 0.05) is 10.9 Å². The Morgan fingerprint density at radius 1 is 1.35 bits per heavy atom. The maximum absolute atomic E-state index is 13.3. The highest BCUT2D eigenvalue weighted by Crippen LogP contribution is 2.37. The van der Waals surface area contributed by atoms with Gasteiger partial charge in [-0.05, 0) is 30.5 Å². The molecule has 0 spiro atoms. The molecule has 0 radical (unpaired) electrons. The van der Waals surface area contributed by atoms with E-state index >= 15 is 0 Å². The number of nitrogens with one attached hydrogen (secondary N) is 1. The number of hydrogen-bond donors (Lipinski definition) is 1. The van der Waals surface area contributed by atoms with Crippen molar-refractivity contribution in [1.82, 2.24) is 4.98 Å². The predicted molar refractivity (Wildman–Crippen MR) is 65.9 cm³/mol. The fourth-order valence-corrected chi connectivity index (χ4v) is 2.74. The highest BCUT2D eigenvalue weighted by atomic mass is 35.5. The second-order valence-electron chi connectivity index (χ2n) is 4.13. The van der Waals surface area contributed by atoms with Crippen molar-refractivity contribution in [3.8, 4) is 0 Å². The molecule has 1 aliphatic carbocycles. The summed E-state index contributed by atoms with van der Waals surface area (Å²) in [5.74, 6) is -0.491. The molecule has 0 aliphatic heterocycles. The number of aryl methyl sites for hydroxylation is 1. The third kappa shape index (κ3) is 1.49. The van der Waals surface area contributed by atoms with Gasteiger partial charge in [0.05, 0.1) is 15.7 Å². The molecule has 1 aromatic heterocycles. The lowest BCUT2D eigenvalue weighted by molar-refractivity contribution is 0.0852. The number of carbonyl (C=O) groups excluding carboxylic acids is 1. The molecular weight excluding hydrogens is 264 g/mol. The van der Waals surface area contributed by atoms with Gasteiger partial charge in [0.15, 0.2) is 6.17 Å². The molecule has 1 N–H and O–H groups in total. The summed E-state index contributed by atoms with van der Waals surface area (Å²) in [6, 6.07) is 3.41. The Kier molecular flexibility index (Phi) is 2.42. The van der Waals surface area contributed by atoms with Crippen molar-refractivity contribution in [3.63, 3.8) is 0 Å². The number of fused-ring (bicyclic) bond motifs is 3. The van der Waals surface area contributed by atoms with Gasteiger partial charge >= 0.3 is 0 Å². The number of rotatable bonds is 0. The maximum atomic E-state index is 13.3. The Balaban J connectivity index is 2.36. The van der Waals surface area contributed by atoms with Gasteiger partial charge in [-0.1, -0.05) is 23.2 Å². The van der Waals surface area contributed by atoms with E-state index in [0.717, 1.165) is 16.5 Å². The monoisotopic (exact) mass is 271 g/mol. The van der Waals surface area contributed by atoms with Gasteiger partial charge in [-0.15, -0.1) is 0 Å². The Morgan fingerprint density at radius 2 is 2.12 bits per heavy atom. The van der Waals surface area contributed by atoms with Gasteiger partial charge in [-0.3, -0.25) is 4.79 Å². The van der Waals surface area contributed by atoms with Crippen molar-refractivity contribution in [3.05, 3.63) is 33.4 Å². The molecule has 1 aliphatic rings. The quantitative estimate of drug-likeness (QED) is 0.774. The summed E-state index contributed by atoms with van der Waals surface area (Å²) < 4.78 is 13.3. The van der Waals surface area contributed by atoms with Crippen LogP contribution in [-0.4, -0.2) is 16.9 Å². The summed E-state index contributed by atoms with van der Waals surface area (Å²) in [5, 5.41) is 1.61. The van der Waals surface area contributed by atoms with Crippen LogP contribution in [0.4, 0.5) is 4.39 Å². The highest BCUT2D eigenvalue weighted by molar-refractivity contribution is 6.45. The minimum absolute atomic E-state index is 0.210. The molecule has 5 heteroatoms. The summed E-state index contributed by atoms with van der Waals surface area (Å²) in [4.78, 5) is 14.6. The molecular formula is C12H8Cl2FNO. The van der Waals surface area contributed by atoms with Crippen LogP contribution in [0.2, 0.25) is 10.0 Å². The van der Waals surface area contributed by atoms with E-state index < -0.39 is 12.0 Å². The average Bonchev–Trinajstić information content (AvgIpc) is 2.69. The van der Waals surface area contributed by atoms with Crippen LogP contribution in [0.15, 0.2) is 12.1 Å². The Labute approximate surface area is 107 Å². The van der Waals surface area contributed by atoms with Gasteiger partial charge in [0.1, 0.15) is 0 Å². The fourth-order valence-electron chi connectivity index (χ4n) is 2.30. The molecule has 0 fully saturated rings. The number of ketones is 1. The van der Waals surface area contributed by atoms with Gasteiger partial charge in [-0.25, -0.2) is 4.39 Å². The lowest BCUT2D eigenvalue weighted by atomic mass is 9.93. The SMILES string of the molecule is O=C1c2[nH]c3ccc(Cl)c(Cl)c3c2CCC1F. The zero-order chi connectivity index (χ0) is 12.2. The van der Waals surface area contributed by atoms with Crippen molar-refractivity contribution in [1.29, 1.82) is 0 Å². The summed E-state index contributed by atoms with van der Waals surface area (Å²) in [5.41, 5.74) is 1.85. The fraction of sp³-hybridized carbons (Fsp3) is 0.250. The number of Topliss-reactive ketones (excluding diaryl/α,β-unsaturated/α-hetero) is 1. The minimum atomic E-state index is -1.41. The smallest absolute Gasteiger partial charge is 0.213 e. The molecule has 1 unspecified atom stereocenters. The van der Waals surface area contributed by atoms with E-state index in [1.165, 1.54) is 0 Å². The van der Waals surface area contributed by atoms with Crippen molar-refractivity contribution in [2.75, 3.05) is 0 Å². The summed E-state index contributed by atoms with van der Waals surface area (Å²) in [6.45, 7) is 0. The Bertz CT molecular complexity index is 635. The van der Waals surface area contributed by atoms with Crippen molar-refractivity contribution in [2.24, 2.45) is 0 Å². The minimum Gasteiger partial charge on any atom is -0.352 e. The van der Waals surface area contributed by atoms with Crippen LogP contribution in [0, 0.1) is 0 Å². The molecule has 17 heavy (non-hydrogen) atoms. The van der Waals surface area contributed by atoms with E-state index in [0.29, 0.717) is 22.2 Å². The average molecular weight is 272 g/mol. The van der Waals surface area contributed by atoms with Gasteiger partial charge in [-0.2, -0.15) is 0 Å². The third-order valence-electron chi connectivity index (χ3n) is 3.14. The highest BCUT2D eigenvalue weighted by Gasteiger charge is 2.31. The molecule has 1 atom stereocenters. The first kappa shape index (κ1) is 11.1. The molecule has 0 saturated carbocycles. The summed E-state index contributed by atoms with van der Waals surface area (Å²) in [6.07, 6.45) is -0.700. The van der Waals surface area contributed by atoms with E-state index in [1.807, 2.05) is 0 Å². The molecule has 0 amide bonds. The first-order valence-electron chi connectivity index (χ1n) is 5.26. The van der Waals surface area contributed by atoms with Crippen LogP contribution in [0.1, 0.15) is 22.5 Å². The number of alkyl halides is 1. The van der Waals surface area contributed by atoms with Gasteiger partial charge < -0.3 is 4.98 Å². The molecule has 2 aromatic rings. The number of hydrogen-bond acceptors (Lipinski definition) is 1. The van der Waals surface area contributed by atoms with Crippen molar-refractivity contribution in [2.45, 2.75) is 19.0 Å². The number of aromatic nitrogens is 1. The van der Waals surface area contributed by atoms with Gasteiger partial charge in [0.25, 0.3) is 0 Å². The van der Waals surface area contributed by atoms with E-state index in [2.05, 4.69) is 4.98 Å². The van der Waals surface area contributed by atoms with Crippen LogP contribution < -0.4 is 0 Å². The van der Waals surface area contributed by atoms with Gasteiger partial charge in [0.2, 0.25) is 5.78 Å². The van der Waals surface area contributed by atoms with Crippen LogP contribution in [-0.2, 0) is 6.42 Å². The topological polar surface area (TPSA) is 32.9 Å². The van der Waals surface area contributed by atoms with E-state index in [4.69, 9.17) is 23.2 Å². The molecule has 1 aromatic carbocycles. The van der Waals surface area contributed by atoms with Crippen LogP contribution in [0.5, 0.6) is 0 Å². The number of aromatic amines is 1. The van der Waals surface area contributed by atoms with Crippen molar-refractivity contribution >= 4 is 39.9 Å². The lowest BCUT2D eigenvalue weighted by Crippen LogP contribution is -2.23. The summed E-state index contributed by atoms with van der Waals surface area (Å²) >= 11 is 12.1. The molecule has 88 valence electrons. The lowest BCUT2D eigenvalue weighted by Gasteiger charge is -2.14. The summed E-state index contributed by atoms with van der Waals surface area (Å²) in [7, 11) is 0. The second kappa shape index (κ2) is 3.72. The predicted octanol–water partition coefficient (Wildman–Crippen LogP) is 3.94. The van der Waals surface area contributed by atoms with Crippen LogP contribution >= 0.6 is 23.2 Å². The third-order valence-corrected chi connectivity index (χ3v) is 3.94. The molecule has 0 saturated heterocycles. The first-order valence-corrected chi connectivity index (χ1v) is 6.02. The number of halogens is 3. The molecule has 3 rings (SSSR count). The second-order valence-corrected chi connectivity index (χ2v) is 4.92. The largest absolute Gasteiger partial charge is 0.352 e. The zero-order valence-electron chi connectivity index (χ0n) is 8.69.